The van der Waals surface area contributed by atoms with Crippen molar-refractivity contribution in [3.8, 4) is 0 Å². The third-order valence-corrected chi connectivity index (χ3v) is 6.45. The van der Waals surface area contributed by atoms with Gasteiger partial charge in [-0.2, -0.15) is 8.42 Å². The molecule has 0 atom stereocenters. The predicted octanol–water partition coefficient (Wildman–Crippen LogP) is 6.35. The summed E-state index contributed by atoms with van der Waals surface area (Å²) in [6.07, 6.45) is 12.3. The molecule has 6 nitrogen and oxygen atoms in total. The van der Waals surface area contributed by atoms with Crippen molar-refractivity contribution in [3.63, 3.8) is 0 Å². The number of ether oxygens (including phenoxy) is 2. The van der Waals surface area contributed by atoms with Gasteiger partial charge in [-0.15, -0.1) is 0 Å². The molecule has 0 aromatic heterocycles. The molecule has 0 aliphatic heterocycles. The van der Waals surface area contributed by atoms with Crippen molar-refractivity contribution >= 4 is 16.1 Å². The Kier molecular flexibility index (Phi) is 14.6. The van der Waals surface area contributed by atoms with E-state index in [1.807, 2.05) is 27.7 Å². The van der Waals surface area contributed by atoms with Crippen LogP contribution in [0.3, 0.4) is 0 Å². The molecule has 0 aliphatic rings. The van der Waals surface area contributed by atoms with Crippen molar-refractivity contribution in [1.82, 2.24) is 0 Å². The monoisotopic (exact) mass is 484 g/mol. The minimum absolute atomic E-state index is 0.0337. The summed E-state index contributed by atoms with van der Waals surface area (Å²) >= 11 is 0. The lowest BCUT2D eigenvalue weighted by atomic mass is 10.1. The molecule has 0 unspecified atom stereocenters. The summed E-state index contributed by atoms with van der Waals surface area (Å²) in [6, 6.07) is 6.73. The molecule has 0 fully saturated rings. The molecule has 7 heteroatoms. The first-order valence-corrected chi connectivity index (χ1v) is 13.8. The highest BCUT2D eigenvalue weighted by atomic mass is 32.2. The van der Waals surface area contributed by atoms with Crippen LogP contribution in [0.5, 0.6) is 0 Å². The summed E-state index contributed by atoms with van der Waals surface area (Å²) in [5.41, 5.74) is 0.565. The summed E-state index contributed by atoms with van der Waals surface area (Å²) in [6.45, 7) is 8.36. The van der Waals surface area contributed by atoms with E-state index in [4.69, 9.17) is 13.7 Å². The molecule has 0 aliphatic carbocycles. The molecule has 1 aromatic carbocycles. The van der Waals surface area contributed by atoms with Crippen molar-refractivity contribution < 1.29 is 26.9 Å². The molecule has 0 saturated heterocycles. The topological polar surface area (TPSA) is 78.9 Å². The molecule has 0 radical (unpaired) electrons. The van der Waals surface area contributed by atoms with E-state index in [0.717, 1.165) is 37.7 Å². The maximum atomic E-state index is 12.1. The van der Waals surface area contributed by atoms with Gasteiger partial charge in [0.2, 0.25) is 0 Å². The number of carbonyl (C=O) groups excluding carboxylic acids is 1. The zero-order valence-corrected chi connectivity index (χ0v) is 21.9. The second-order valence-corrected chi connectivity index (χ2v) is 11.2. The van der Waals surface area contributed by atoms with Gasteiger partial charge in [-0.1, -0.05) is 75.5 Å². The molecule has 1 aromatic rings. The largest absolute Gasteiger partial charge is 0.458 e. The van der Waals surface area contributed by atoms with Crippen LogP contribution in [0.15, 0.2) is 29.2 Å². The van der Waals surface area contributed by atoms with Crippen LogP contribution in [0.2, 0.25) is 0 Å². The second-order valence-electron chi connectivity index (χ2n) is 9.62. The smallest absolute Gasteiger partial charge is 0.332 e. The van der Waals surface area contributed by atoms with Crippen LogP contribution in [0, 0.1) is 6.92 Å². The van der Waals surface area contributed by atoms with E-state index in [2.05, 4.69) is 0 Å². The van der Waals surface area contributed by atoms with Crippen molar-refractivity contribution in [1.29, 1.82) is 0 Å². The normalized spacial score (nSPS) is 12.1. The van der Waals surface area contributed by atoms with Crippen LogP contribution in [0.25, 0.3) is 0 Å². The lowest BCUT2D eigenvalue weighted by Crippen LogP contribution is -2.26. The Morgan fingerprint density at radius 1 is 0.758 bits per heavy atom. The van der Waals surface area contributed by atoms with E-state index in [1.54, 1.807) is 24.3 Å². The number of benzene rings is 1. The van der Waals surface area contributed by atoms with E-state index < -0.39 is 15.7 Å². The van der Waals surface area contributed by atoms with Gasteiger partial charge in [-0.25, -0.2) is 4.79 Å². The summed E-state index contributed by atoms with van der Waals surface area (Å²) in [5.74, 6) is -0.303. The number of hydrogen-bond acceptors (Lipinski definition) is 6. The van der Waals surface area contributed by atoms with Crippen LogP contribution in [-0.4, -0.2) is 39.8 Å². The first kappa shape index (κ1) is 29.6. The number of hydrogen-bond donors (Lipinski definition) is 0. The number of unbranched alkanes of at least 4 members (excludes halogenated alkanes) is 10. The number of rotatable bonds is 18. The lowest BCUT2D eigenvalue weighted by molar-refractivity contribution is -0.160. The Bertz CT molecular complexity index is 750. The van der Waals surface area contributed by atoms with Crippen molar-refractivity contribution in [3.05, 3.63) is 29.8 Å². The Morgan fingerprint density at radius 3 is 1.70 bits per heavy atom. The number of esters is 1. The Labute approximate surface area is 201 Å². The molecule has 190 valence electrons. The fourth-order valence-corrected chi connectivity index (χ4v) is 4.31. The standard InChI is InChI=1S/C26H44O6S/c1-23-16-18-24(19-17-23)33(28,29)31-21-15-13-11-9-7-5-6-8-10-12-14-20-30-22-25(27)32-26(2,3)4/h16-19H,5-15,20-22H2,1-4H3. The van der Waals surface area contributed by atoms with Gasteiger partial charge in [0.1, 0.15) is 12.2 Å². The van der Waals surface area contributed by atoms with Gasteiger partial charge in [-0.05, 0) is 52.7 Å². The molecule has 0 N–H and O–H groups in total. The minimum Gasteiger partial charge on any atom is -0.458 e. The summed E-state index contributed by atoms with van der Waals surface area (Å²) < 4.78 is 39.9. The van der Waals surface area contributed by atoms with Gasteiger partial charge in [0.05, 0.1) is 11.5 Å². The van der Waals surface area contributed by atoms with Gasteiger partial charge in [0, 0.05) is 6.61 Å². The molecule has 33 heavy (non-hydrogen) atoms. The Hall–Kier alpha value is -1.44. The summed E-state index contributed by atoms with van der Waals surface area (Å²) in [5, 5.41) is 0. The van der Waals surface area contributed by atoms with E-state index >= 15 is 0 Å². The third-order valence-electron chi connectivity index (χ3n) is 5.12. The molecular formula is C26H44O6S. The maximum Gasteiger partial charge on any atom is 0.332 e. The van der Waals surface area contributed by atoms with E-state index in [9.17, 15) is 13.2 Å². The highest BCUT2D eigenvalue weighted by Crippen LogP contribution is 2.15. The van der Waals surface area contributed by atoms with Gasteiger partial charge < -0.3 is 9.47 Å². The van der Waals surface area contributed by atoms with Gasteiger partial charge in [-0.3, -0.25) is 4.18 Å². The number of aryl methyl sites for hydroxylation is 1. The molecular weight excluding hydrogens is 440 g/mol. The lowest BCUT2D eigenvalue weighted by Gasteiger charge is -2.19. The van der Waals surface area contributed by atoms with Crippen molar-refractivity contribution in [2.75, 3.05) is 19.8 Å². The summed E-state index contributed by atoms with van der Waals surface area (Å²) in [7, 11) is -3.63. The van der Waals surface area contributed by atoms with E-state index in [1.165, 1.54) is 38.5 Å². The quantitative estimate of drug-likeness (QED) is 0.137. The predicted molar refractivity (Wildman–Crippen MR) is 132 cm³/mol. The molecule has 0 heterocycles. The maximum absolute atomic E-state index is 12.1. The first-order valence-electron chi connectivity index (χ1n) is 12.4. The van der Waals surface area contributed by atoms with Gasteiger partial charge in [0.25, 0.3) is 10.1 Å². The van der Waals surface area contributed by atoms with Crippen LogP contribution >= 0.6 is 0 Å². The SMILES string of the molecule is Cc1ccc(S(=O)(=O)OCCCCCCCCCCCCCOCC(=O)OC(C)(C)C)cc1. The molecule has 0 spiro atoms. The van der Waals surface area contributed by atoms with Gasteiger partial charge in [0.15, 0.2) is 0 Å². The third kappa shape index (κ3) is 15.9. The molecule has 1 rings (SSSR count). The average Bonchev–Trinajstić information content (AvgIpc) is 2.72. The average molecular weight is 485 g/mol. The Morgan fingerprint density at radius 2 is 1.21 bits per heavy atom. The highest BCUT2D eigenvalue weighted by Gasteiger charge is 2.16. The minimum atomic E-state index is -3.63. The van der Waals surface area contributed by atoms with Crippen LogP contribution in [0.4, 0.5) is 0 Å². The zero-order chi connectivity index (χ0) is 24.6. The van der Waals surface area contributed by atoms with Crippen molar-refractivity contribution in [2.45, 2.75) is 109 Å². The van der Waals surface area contributed by atoms with E-state index in [-0.39, 0.29) is 24.1 Å². The number of carbonyl (C=O) groups is 1. The van der Waals surface area contributed by atoms with Crippen LogP contribution in [0.1, 0.15) is 97.0 Å². The first-order chi connectivity index (χ1) is 15.6. The molecule has 0 bridgehead atoms. The fraction of sp³-hybridized carbons (Fsp3) is 0.731. The van der Waals surface area contributed by atoms with Crippen LogP contribution in [-0.2, 0) is 28.6 Å². The fourth-order valence-electron chi connectivity index (χ4n) is 3.37. The Balaban J connectivity index is 1.86. The van der Waals surface area contributed by atoms with Crippen LogP contribution < -0.4 is 0 Å². The van der Waals surface area contributed by atoms with Gasteiger partial charge >= 0.3 is 5.97 Å². The molecule has 0 amide bonds. The molecule has 0 saturated carbocycles. The second kappa shape index (κ2) is 16.2. The highest BCUT2D eigenvalue weighted by molar-refractivity contribution is 7.86. The zero-order valence-electron chi connectivity index (χ0n) is 21.1. The van der Waals surface area contributed by atoms with Crippen molar-refractivity contribution in [2.24, 2.45) is 0 Å². The van der Waals surface area contributed by atoms with E-state index in [0.29, 0.717) is 6.61 Å². The summed E-state index contributed by atoms with van der Waals surface area (Å²) in [4.78, 5) is 11.7.